The first kappa shape index (κ1) is 8.31. The molecule has 0 saturated heterocycles. The van der Waals surface area contributed by atoms with Crippen LogP contribution in [-0.2, 0) is 0 Å². The third-order valence-electron chi connectivity index (χ3n) is 2.77. The minimum atomic E-state index is 0.831. The van der Waals surface area contributed by atoms with Gasteiger partial charge in [-0.3, -0.25) is 0 Å². The highest BCUT2D eigenvalue weighted by Crippen LogP contribution is 2.38. The van der Waals surface area contributed by atoms with Gasteiger partial charge in [0.2, 0.25) is 0 Å². The maximum atomic E-state index is 2.37. The fraction of sp³-hybridized carbons (Fsp3) is 0.545. The zero-order valence-corrected chi connectivity index (χ0v) is 8.36. The van der Waals surface area contributed by atoms with E-state index in [9.17, 15) is 0 Å². The van der Waals surface area contributed by atoms with Crippen LogP contribution >= 0.6 is 11.3 Å². The van der Waals surface area contributed by atoms with E-state index in [-0.39, 0.29) is 0 Å². The van der Waals surface area contributed by atoms with Crippen LogP contribution in [0.15, 0.2) is 17.5 Å². The highest BCUT2D eigenvalue weighted by molar-refractivity contribution is 7.10. The molecule has 65 valence electrons. The first-order valence-corrected chi connectivity index (χ1v) is 5.65. The Morgan fingerprint density at radius 2 is 2.33 bits per heavy atom. The maximum absolute atomic E-state index is 2.37. The second-order valence-electron chi connectivity index (χ2n) is 3.65. The molecule has 1 saturated carbocycles. The molecule has 1 aromatic rings. The van der Waals surface area contributed by atoms with Crippen molar-refractivity contribution in [2.75, 3.05) is 0 Å². The molecule has 1 radical (unpaired) electrons. The zero-order valence-electron chi connectivity index (χ0n) is 7.55. The van der Waals surface area contributed by atoms with E-state index in [0.717, 1.165) is 5.92 Å². The molecular weight excluding hydrogens is 164 g/mol. The summed E-state index contributed by atoms with van der Waals surface area (Å²) in [6.45, 7) is 2.37. The van der Waals surface area contributed by atoms with E-state index in [1.807, 2.05) is 11.3 Å². The van der Waals surface area contributed by atoms with Gasteiger partial charge in [0.05, 0.1) is 0 Å². The molecule has 1 heteroatoms. The normalized spacial score (nSPS) is 25.9. The standard InChI is InChI=1S/C11H15S/c1-9-5-2-3-6-10(9)11-7-4-8-12-11/h4,7-9H,2-3,5-6H2,1H3. The van der Waals surface area contributed by atoms with Crippen molar-refractivity contribution in [3.63, 3.8) is 0 Å². The van der Waals surface area contributed by atoms with Gasteiger partial charge in [0.25, 0.3) is 0 Å². The van der Waals surface area contributed by atoms with Crippen molar-refractivity contribution < 1.29 is 0 Å². The van der Waals surface area contributed by atoms with E-state index in [0.29, 0.717) is 0 Å². The second-order valence-corrected chi connectivity index (χ2v) is 4.60. The summed E-state index contributed by atoms with van der Waals surface area (Å²) in [4.78, 5) is 1.53. The number of hydrogen-bond donors (Lipinski definition) is 0. The third kappa shape index (κ3) is 1.56. The summed E-state index contributed by atoms with van der Waals surface area (Å²) < 4.78 is 0. The quantitative estimate of drug-likeness (QED) is 0.613. The van der Waals surface area contributed by atoms with Crippen molar-refractivity contribution in [2.24, 2.45) is 5.92 Å². The van der Waals surface area contributed by atoms with Crippen molar-refractivity contribution in [2.45, 2.75) is 32.6 Å². The van der Waals surface area contributed by atoms with Gasteiger partial charge in [-0.2, -0.15) is 0 Å². The molecule has 0 spiro atoms. The van der Waals surface area contributed by atoms with Crippen molar-refractivity contribution in [1.29, 1.82) is 0 Å². The Morgan fingerprint density at radius 3 is 3.00 bits per heavy atom. The molecule has 0 bridgehead atoms. The van der Waals surface area contributed by atoms with Crippen molar-refractivity contribution in [3.8, 4) is 0 Å². The lowest BCUT2D eigenvalue weighted by atomic mass is 9.80. The van der Waals surface area contributed by atoms with E-state index in [2.05, 4.69) is 24.4 Å². The van der Waals surface area contributed by atoms with E-state index >= 15 is 0 Å². The van der Waals surface area contributed by atoms with Gasteiger partial charge in [-0.25, -0.2) is 0 Å². The lowest BCUT2D eigenvalue weighted by Crippen LogP contribution is -2.14. The topological polar surface area (TPSA) is 0 Å². The fourth-order valence-electron chi connectivity index (χ4n) is 2.01. The van der Waals surface area contributed by atoms with Gasteiger partial charge in [0, 0.05) is 10.8 Å². The van der Waals surface area contributed by atoms with Gasteiger partial charge in [0.15, 0.2) is 0 Å². The summed E-state index contributed by atoms with van der Waals surface area (Å²) in [5.41, 5.74) is 0. The summed E-state index contributed by atoms with van der Waals surface area (Å²) in [6, 6.07) is 4.43. The fourth-order valence-corrected chi connectivity index (χ4v) is 2.93. The van der Waals surface area contributed by atoms with Gasteiger partial charge in [-0.05, 0) is 30.2 Å². The van der Waals surface area contributed by atoms with E-state index < -0.39 is 0 Å². The van der Waals surface area contributed by atoms with E-state index in [4.69, 9.17) is 0 Å². The van der Waals surface area contributed by atoms with Crippen molar-refractivity contribution in [3.05, 3.63) is 28.3 Å². The minimum Gasteiger partial charge on any atom is -0.148 e. The molecule has 2 rings (SSSR count). The highest BCUT2D eigenvalue weighted by Gasteiger charge is 2.23. The highest BCUT2D eigenvalue weighted by atomic mass is 32.1. The predicted molar refractivity (Wildman–Crippen MR) is 54.3 cm³/mol. The van der Waals surface area contributed by atoms with Crippen LogP contribution < -0.4 is 0 Å². The summed E-state index contributed by atoms with van der Waals surface area (Å²) >= 11 is 1.90. The molecule has 1 atom stereocenters. The SMILES string of the molecule is CC1CCCC[C]1c1cccs1. The molecule has 12 heavy (non-hydrogen) atoms. The van der Waals surface area contributed by atoms with Gasteiger partial charge in [-0.15, -0.1) is 11.3 Å². The molecule has 0 N–H and O–H groups in total. The van der Waals surface area contributed by atoms with Gasteiger partial charge < -0.3 is 0 Å². The Labute approximate surface area is 78.6 Å². The Morgan fingerprint density at radius 1 is 1.42 bits per heavy atom. The largest absolute Gasteiger partial charge is 0.148 e. The Balaban J connectivity index is 2.11. The molecule has 1 unspecified atom stereocenters. The smallest absolute Gasteiger partial charge is 0.0180 e. The number of rotatable bonds is 1. The van der Waals surface area contributed by atoms with E-state index in [1.165, 1.54) is 30.6 Å². The monoisotopic (exact) mass is 179 g/mol. The summed E-state index contributed by atoms with van der Waals surface area (Å²) in [5, 5.41) is 2.18. The Bertz CT molecular complexity index is 225. The second kappa shape index (κ2) is 3.61. The average molecular weight is 179 g/mol. The maximum Gasteiger partial charge on any atom is 0.0180 e. The third-order valence-corrected chi connectivity index (χ3v) is 3.71. The molecule has 1 fully saturated rings. The first-order valence-electron chi connectivity index (χ1n) is 4.77. The molecule has 0 amide bonds. The minimum absolute atomic E-state index is 0.831. The molecule has 1 aliphatic carbocycles. The lowest BCUT2D eigenvalue weighted by Gasteiger charge is -2.26. The summed E-state index contributed by atoms with van der Waals surface area (Å²) in [7, 11) is 0. The number of hydrogen-bond acceptors (Lipinski definition) is 1. The Hall–Kier alpha value is -0.300. The van der Waals surface area contributed by atoms with Crippen LogP contribution in [0.5, 0.6) is 0 Å². The summed E-state index contributed by atoms with van der Waals surface area (Å²) in [5.74, 6) is 2.54. The van der Waals surface area contributed by atoms with Crippen LogP contribution in [0.1, 0.15) is 37.5 Å². The van der Waals surface area contributed by atoms with E-state index in [1.54, 1.807) is 5.92 Å². The van der Waals surface area contributed by atoms with Crippen LogP contribution in [0.2, 0.25) is 0 Å². The number of thiophene rings is 1. The van der Waals surface area contributed by atoms with Crippen molar-refractivity contribution >= 4 is 11.3 Å². The first-order chi connectivity index (χ1) is 5.88. The molecular formula is C11H15S. The lowest BCUT2D eigenvalue weighted by molar-refractivity contribution is 0.438. The van der Waals surface area contributed by atoms with Crippen molar-refractivity contribution in [1.82, 2.24) is 0 Å². The van der Waals surface area contributed by atoms with Crippen LogP contribution in [0.4, 0.5) is 0 Å². The van der Waals surface area contributed by atoms with Gasteiger partial charge in [0.1, 0.15) is 0 Å². The molecule has 1 heterocycles. The molecule has 0 aromatic carbocycles. The average Bonchev–Trinajstić information content (AvgIpc) is 2.57. The molecule has 1 aromatic heterocycles. The zero-order chi connectivity index (χ0) is 8.39. The summed E-state index contributed by atoms with van der Waals surface area (Å²) in [6.07, 6.45) is 5.56. The molecule has 0 aliphatic heterocycles. The van der Waals surface area contributed by atoms with Crippen LogP contribution in [0, 0.1) is 11.8 Å². The van der Waals surface area contributed by atoms with Crippen LogP contribution in [-0.4, -0.2) is 0 Å². The van der Waals surface area contributed by atoms with Crippen LogP contribution in [0.25, 0.3) is 0 Å². The predicted octanol–water partition coefficient (Wildman–Crippen LogP) is 3.88. The Kier molecular flexibility index (Phi) is 2.50. The van der Waals surface area contributed by atoms with Gasteiger partial charge in [-0.1, -0.05) is 25.8 Å². The molecule has 0 nitrogen and oxygen atoms in total. The molecule has 1 aliphatic rings. The van der Waals surface area contributed by atoms with Gasteiger partial charge >= 0.3 is 0 Å². The van der Waals surface area contributed by atoms with Crippen LogP contribution in [0.3, 0.4) is 0 Å².